The fraction of sp³-hybridized carbons (Fsp3) is 0.148. The van der Waals surface area contributed by atoms with E-state index < -0.39 is 29.4 Å². The second-order valence-corrected chi connectivity index (χ2v) is 10.2. The SMILES string of the molecule is CCOc1cc(/C=C2/SC(=O)N(CC(=O)Nc3cccc(F)c3)C2=O)cc(I)c1OCc1cccc(F)c1. The molecule has 1 heterocycles. The topological polar surface area (TPSA) is 84.9 Å². The first-order valence-electron chi connectivity index (χ1n) is 11.4. The maximum Gasteiger partial charge on any atom is 0.294 e. The number of carbonyl (C=O) groups is 3. The van der Waals surface area contributed by atoms with Crippen LogP contribution in [0.15, 0.2) is 65.6 Å². The lowest BCUT2D eigenvalue weighted by atomic mass is 10.1. The molecule has 1 aliphatic heterocycles. The van der Waals surface area contributed by atoms with Crippen LogP contribution in [0.5, 0.6) is 11.5 Å². The number of imide groups is 1. The van der Waals surface area contributed by atoms with Crippen LogP contribution >= 0.6 is 34.4 Å². The van der Waals surface area contributed by atoms with Crippen LogP contribution in [0, 0.1) is 15.2 Å². The van der Waals surface area contributed by atoms with Crippen LogP contribution < -0.4 is 14.8 Å². The maximum atomic E-state index is 13.5. The molecule has 0 aromatic heterocycles. The summed E-state index contributed by atoms with van der Waals surface area (Å²) in [6.45, 7) is 1.79. The molecule has 0 radical (unpaired) electrons. The molecule has 1 aliphatic rings. The Morgan fingerprint density at radius 2 is 1.79 bits per heavy atom. The highest BCUT2D eigenvalue weighted by atomic mass is 127. The van der Waals surface area contributed by atoms with Gasteiger partial charge in [0.1, 0.15) is 24.8 Å². The molecule has 38 heavy (non-hydrogen) atoms. The van der Waals surface area contributed by atoms with E-state index in [2.05, 4.69) is 27.9 Å². The average Bonchev–Trinajstić information content (AvgIpc) is 3.11. The van der Waals surface area contributed by atoms with Crippen molar-refractivity contribution in [2.45, 2.75) is 13.5 Å². The minimum atomic E-state index is -0.632. The molecular formula is C27H21F2IN2O5S. The van der Waals surface area contributed by atoms with Gasteiger partial charge in [0.15, 0.2) is 11.5 Å². The van der Waals surface area contributed by atoms with Gasteiger partial charge in [0.2, 0.25) is 5.91 Å². The van der Waals surface area contributed by atoms with E-state index >= 15 is 0 Å². The van der Waals surface area contributed by atoms with Gasteiger partial charge in [-0.15, -0.1) is 0 Å². The number of nitrogens with one attached hydrogen (secondary N) is 1. The molecule has 1 N–H and O–H groups in total. The van der Waals surface area contributed by atoms with Crippen molar-refractivity contribution in [3.63, 3.8) is 0 Å². The fourth-order valence-electron chi connectivity index (χ4n) is 3.55. The maximum absolute atomic E-state index is 13.5. The summed E-state index contributed by atoms with van der Waals surface area (Å²) in [5.74, 6) is -1.24. The van der Waals surface area contributed by atoms with Gasteiger partial charge in [-0.05, 0) is 101 Å². The van der Waals surface area contributed by atoms with Crippen LogP contribution in [0.4, 0.5) is 19.3 Å². The highest BCUT2D eigenvalue weighted by Gasteiger charge is 2.36. The summed E-state index contributed by atoms with van der Waals surface area (Å²) in [4.78, 5) is 38.7. The number of thioether (sulfide) groups is 1. The number of hydrogen-bond acceptors (Lipinski definition) is 6. The molecule has 0 spiro atoms. The van der Waals surface area contributed by atoms with Crippen molar-refractivity contribution in [3.05, 3.63) is 91.9 Å². The van der Waals surface area contributed by atoms with Crippen molar-refractivity contribution in [1.29, 1.82) is 0 Å². The Labute approximate surface area is 235 Å². The molecule has 3 aromatic carbocycles. The van der Waals surface area contributed by atoms with Crippen LogP contribution in [0.25, 0.3) is 6.08 Å². The molecule has 3 aromatic rings. The molecule has 196 valence electrons. The Balaban J connectivity index is 1.49. The summed E-state index contributed by atoms with van der Waals surface area (Å²) in [6, 6.07) is 14.8. The zero-order chi connectivity index (χ0) is 27.2. The van der Waals surface area contributed by atoms with Gasteiger partial charge in [-0.3, -0.25) is 19.3 Å². The number of anilines is 1. The normalized spacial score (nSPS) is 14.2. The molecule has 11 heteroatoms. The molecule has 4 rings (SSSR count). The molecule has 1 saturated heterocycles. The highest BCUT2D eigenvalue weighted by molar-refractivity contribution is 14.1. The fourth-order valence-corrected chi connectivity index (χ4v) is 5.17. The Bertz CT molecular complexity index is 1430. The van der Waals surface area contributed by atoms with E-state index in [0.29, 0.717) is 44.6 Å². The largest absolute Gasteiger partial charge is 0.490 e. The van der Waals surface area contributed by atoms with E-state index in [1.807, 2.05) is 6.92 Å². The molecular weight excluding hydrogens is 629 g/mol. The van der Waals surface area contributed by atoms with E-state index in [0.717, 1.165) is 11.0 Å². The van der Waals surface area contributed by atoms with E-state index in [1.165, 1.54) is 36.4 Å². The smallest absolute Gasteiger partial charge is 0.294 e. The van der Waals surface area contributed by atoms with E-state index in [4.69, 9.17) is 9.47 Å². The molecule has 7 nitrogen and oxygen atoms in total. The Kier molecular flexibility index (Phi) is 9.00. The standard InChI is InChI=1S/C27H21F2IN2O5S/c1-2-36-22-11-17(10-21(30)25(22)37-15-16-5-3-6-18(28)9-16)12-23-26(34)32(27(35)38-23)14-24(33)31-20-8-4-7-19(29)13-20/h3-13H,2,14-15H2,1H3,(H,31,33)/b23-12+. The second-order valence-electron chi connectivity index (χ2n) is 8.01. The van der Waals surface area contributed by atoms with Crippen molar-refractivity contribution in [1.82, 2.24) is 4.90 Å². The van der Waals surface area contributed by atoms with Gasteiger partial charge in [-0.1, -0.05) is 18.2 Å². The number of hydrogen-bond donors (Lipinski definition) is 1. The predicted molar refractivity (Wildman–Crippen MR) is 149 cm³/mol. The number of halogens is 3. The Morgan fingerprint density at radius 3 is 2.50 bits per heavy atom. The summed E-state index contributed by atoms with van der Waals surface area (Å²) >= 11 is 2.79. The molecule has 0 aliphatic carbocycles. The number of rotatable bonds is 9. The van der Waals surface area contributed by atoms with Crippen molar-refractivity contribution in [2.75, 3.05) is 18.5 Å². The van der Waals surface area contributed by atoms with Gasteiger partial charge in [0, 0.05) is 5.69 Å². The summed E-state index contributed by atoms with van der Waals surface area (Å²) in [6.07, 6.45) is 1.54. The molecule has 0 bridgehead atoms. The Hall–Kier alpha value is -3.45. The van der Waals surface area contributed by atoms with Crippen molar-refractivity contribution in [3.8, 4) is 11.5 Å². The number of nitrogens with zero attached hydrogens (tertiary/aromatic N) is 1. The quantitative estimate of drug-likeness (QED) is 0.219. The average molecular weight is 650 g/mol. The number of benzene rings is 3. The van der Waals surface area contributed by atoms with Gasteiger partial charge >= 0.3 is 0 Å². The minimum absolute atomic E-state index is 0.129. The van der Waals surface area contributed by atoms with Gasteiger partial charge in [0.05, 0.1) is 15.1 Å². The van der Waals surface area contributed by atoms with Crippen LogP contribution in [-0.2, 0) is 16.2 Å². The van der Waals surface area contributed by atoms with E-state index in [-0.39, 0.29) is 23.0 Å². The summed E-state index contributed by atoms with van der Waals surface area (Å²) in [5, 5.41) is 1.88. The number of ether oxygens (including phenoxy) is 2. The first kappa shape index (κ1) is 27.6. The first-order valence-corrected chi connectivity index (χ1v) is 13.3. The van der Waals surface area contributed by atoms with Crippen LogP contribution in [0.3, 0.4) is 0 Å². The van der Waals surface area contributed by atoms with Crippen molar-refractivity contribution < 1.29 is 32.6 Å². The second kappa shape index (κ2) is 12.4. The minimum Gasteiger partial charge on any atom is -0.490 e. The molecule has 0 saturated carbocycles. The van der Waals surface area contributed by atoms with Crippen LogP contribution in [0.2, 0.25) is 0 Å². The van der Waals surface area contributed by atoms with E-state index in [9.17, 15) is 23.2 Å². The highest BCUT2D eigenvalue weighted by Crippen LogP contribution is 2.38. The Morgan fingerprint density at radius 1 is 1.05 bits per heavy atom. The summed E-state index contributed by atoms with van der Waals surface area (Å²) in [5.41, 5.74) is 1.46. The monoisotopic (exact) mass is 650 g/mol. The van der Waals surface area contributed by atoms with Crippen molar-refractivity contribution >= 4 is 63.2 Å². The van der Waals surface area contributed by atoms with Gasteiger partial charge < -0.3 is 14.8 Å². The molecule has 0 atom stereocenters. The first-order chi connectivity index (χ1) is 18.2. The van der Waals surface area contributed by atoms with Gasteiger partial charge in [-0.2, -0.15) is 0 Å². The summed E-state index contributed by atoms with van der Waals surface area (Å²) in [7, 11) is 0. The third-order valence-corrected chi connectivity index (χ3v) is 6.89. The third kappa shape index (κ3) is 6.90. The lowest BCUT2D eigenvalue weighted by Gasteiger charge is -2.15. The predicted octanol–water partition coefficient (Wildman–Crippen LogP) is 6.22. The van der Waals surface area contributed by atoms with E-state index in [1.54, 1.807) is 24.3 Å². The summed E-state index contributed by atoms with van der Waals surface area (Å²) < 4.78 is 39.2. The number of amides is 3. The molecule has 1 fully saturated rings. The zero-order valence-electron chi connectivity index (χ0n) is 20.0. The van der Waals surface area contributed by atoms with Crippen molar-refractivity contribution in [2.24, 2.45) is 0 Å². The van der Waals surface area contributed by atoms with Gasteiger partial charge in [-0.25, -0.2) is 8.78 Å². The zero-order valence-corrected chi connectivity index (χ0v) is 23.0. The number of carbonyl (C=O) groups excluding carboxylic acids is 3. The molecule has 3 amide bonds. The van der Waals surface area contributed by atoms with Gasteiger partial charge in [0.25, 0.3) is 11.1 Å². The molecule has 0 unspecified atom stereocenters. The lowest BCUT2D eigenvalue weighted by molar-refractivity contribution is -0.127. The van der Waals surface area contributed by atoms with Crippen LogP contribution in [0.1, 0.15) is 18.1 Å². The lowest BCUT2D eigenvalue weighted by Crippen LogP contribution is -2.36. The third-order valence-electron chi connectivity index (χ3n) is 5.19. The van der Waals surface area contributed by atoms with Crippen LogP contribution in [-0.4, -0.2) is 35.1 Å².